The van der Waals surface area contributed by atoms with Crippen molar-refractivity contribution in [1.29, 1.82) is 0 Å². The fourth-order valence-corrected chi connectivity index (χ4v) is 3.88. The average Bonchev–Trinajstić information content (AvgIpc) is 3.22. The summed E-state index contributed by atoms with van der Waals surface area (Å²) >= 11 is 3.35. The van der Waals surface area contributed by atoms with Crippen LogP contribution in [0.1, 0.15) is 33.6 Å². The molecular formula is C17H24BrFN2. The number of rotatable bonds is 3. The molecule has 2 aliphatic rings. The first-order chi connectivity index (χ1) is 9.90. The van der Waals surface area contributed by atoms with Crippen molar-refractivity contribution >= 4 is 21.6 Å². The van der Waals surface area contributed by atoms with Crippen LogP contribution >= 0.6 is 15.9 Å². The van der Waals surface area contributed by atoms with Crippen molar-refractivity contribution in [3.63, 3.8) is 0 Å². The summed E-state index contributed by atoms with van der Waals surface area (Å²) in [6.45, 7) is 8.55. The topological polar surface area (TPSA) is 15.3 Å². The predicted molar refractivity (Wildman–Crippen MR) is 89.2 cm³/mol. The first-order valence-corrected chi connectivity index (χ1v) is 8.67. The van der Waals surface area contributed by atoms with E-state index in [1.54, 1.807) is 6.07 Å². The van der Waals surface area contributed by atoms with Gasteiger partial charge < -0.3 is 10.2 Å². The molecule has 1 saturated heterocycles. The number of halogens is 2. The quantitative estimate of drug-likeness (QED) is 0.875. The fraction of sp³-hybridized carbons (Fsp3) is 0.647. The van der Waals surface area contributed by atoms with Crippen LogP contribution in [0.3, 0.4) is 0 Å². The summed E-state index contributed by atoms with van der Waals surface area (Å²) in [6, 6.07) is 5.76. The second-order valence-electron chi connectivity index (χ2n) is 7.11. The molecule has 116 valence electrons. The number of benzene rings is 1. The Bertz CT molecular complexity index is 530. The molecule has 0 spiro atoms. The molecule has 1 N–H and O–H groups in total. The highest BCUT2D eigenvalue weighted by Gasteiger charge is 2.46. The normalized spacial score (nSPS) is 30.0. The lowest BCUT2D eigenvalue weighted by Crippen LogP contribution is -2.65. The van der Waals surface area contributed by atoms with E-state index in [4.69, 9.17) is 0 Å². The molecule has 1 saturated carbocycles. The van der Waals surface area contributed by atoms with Gasteiger partial charge in [0, 0.05) is 29.1 Å². The van der Waals surface area contributed by atoms with E-state index in [1.807, 2.05) is 12.1 Å². The van der Waals surface area contributed by atoms with Crippen molar-refractivity contribution < 1.29 is 4.39 Å². The Hall–Kier alpha value is -0.610. The van der Waals surface area contributed by atoms with E-state index < -0.39 is 0 Å². The van der Waals surface area contributed by atoms with E-state index in [1.165, 1.54) is 12.8 Å². The molecule has 2 atom stereocenters. The van der Waals surface area contributed by atoms with Gasteiger partial charge in [0.15, 0.2) is 0 Å². The van der Waals surface area contributed by atoms with Gasteiger partial charge in [-0.2, -0.15) is 0 Å². The molecule has 2 unspecified atom stereocenters. The Kier molecular flexibility index (Phi) is 4.04. The van der Waals surface area contributed by atoms with Crippen LogP contribution < -0.4 is 10.2 Å². The van der Waals surface area contributed by atoms with E-state index in [2.05, 4.69) is 46.9 Å². The molecule has 21 heavy (non-hydrogen) atoms. The summed E-state index contributed by atoms with van der Waals surface area (Å²) < 4.78 is 15.2. The van der Waals surface area contributed by atoms with Gasteiger partial charge in [0.25, 0.3) is 0 Å². The number of hydrogen-bond donors (Lipinski definition) is 1. The van der Waals surface area contributed by atoms with E-state index in [0.717, 1.165) is 29.2 Å². The summed E-state index contributed by atoms with van der Waals surface area (Å²) in [5.41, 5.74) is 0.857. The molecule has 0 aromatic heterocycles. The standard InChI is InChI=1S/C17H24BrFN2/c1-11(2)16-9-20-17(3,12-4-5-12)10-21(16)15-7-6-13(18)8-14(15)19/h6-8,11-12,16,20H,4-5,9-10H2,1-3H3. The van der Waals surface area contributed by atoms with Crippen LogP contribution in [0.2, 0.25) is 0 Å². The van der Waals surface area contributed by atoms with E-state index in [0.29, 0.717) is 12.0 Å². The molecule has 2 nitrogen and oxygen atoms in total. The van der Waals surface area contributed by atoms with Crippen molar-refractivity contribution in [2.24, 2.45) is 11.8 Å². The maximum Gasteiger partial charge on any atom is 0.147 e. The fourth-order valence-electron chi connectivity index (χ4n) is 3.54. The van der Waals surface area contributed by atoms with E-state index in [-0.39, 0.29) is 11.4 Å². The van der Waals surface area contributed by atoms with Crippen molar-refractivity contribution in [2.45, 2.75) is 45.2 Å². The third-order valence-electron chi connectivity index (χ3n) is 5.08. The highest BCUT2D eigenvalue weighted by molar-refractivity contribution is 9.10. The van der Waals surface area contributed by atoms with Gasteiger partial charge in [-0.15, -0.1) is 0 Å². The number of nitrogens with zero attached hydrogens (tertiary/aromatic N) is 1. The highest BCUT2D eigenvalue weighted by atomic mass is 79.9. The van der Waals surface area contributed by atoms with Gasteiger partial charge in [-0.3, -0.25) is 0 Å². The lowest BCUT2D eigenvalue weighted by molar-refractivity contribution is 0.232. The predicted octanol–water partition coefficient (Wildman–Crippen LogP) is 4.19. The van der Waals surface area contributed by atoms with Crippen molar-refractivity contribution in [2.75, 3.05) is 18.0 Å². The number of hydrogen-bond acceptors (Lipinski definition) is 2. The molecule has 0 radical (unpaired) electrons. The van der Waals surface area contributed by atoms with Crippen molar-refractivity contribution in [3.05, 3.63) is 28.5 Å². The molecule has 4 heteroatoms. The van der Waals surface area contributed by atoms with Gasteiger partial charge >= 0.3 is 0 Å². The van der Waals surface area contributed by atoms with Gasteiger partial charge in [-0.25, -0.2) is 4.39 Å². The SMILES string of the molecule is CC(C)C1CNC(C)(C2CC2)CN1c1ccc(Br)cc1F. The molecule has 2 fully saturated rings. The zero-order valence-corrected chi connectivity index (χ0v) is 14.6. The summed E-state index contributed by atoms with van der Waals surface area (Å²) in [5, 5.41) is 3.75. The van der Waals surface area contributed by atoms with Crippen LogP contribution in [-0.4, -0.2) is 24.7 Å². The van der Waals surface area contributed by atoms with Crippen LogP contribution in [-0.2, 0) is 0 Å². The summed E-state index contributed by atoms with van der Waals surface area (Å²) in [6.07, 6.45) is 2.60. The van der Waals surface area contributed by atoms with Gasteiger partial charge in [-0.05, 0) is 49.8 Å². The number of piperazine rings is 1. The Balaban J connectivity index is 1.93. The van der Waals surface area contributed by atoms with Crippen LogP contribution in [0.15, 0.2) is 22.7 Å². The Labute approximate surface area is 135 Å². The molecule has 1 aromatic rings. The maximum atomic E-state index is 14.4. The van der Waals surface area contributed by atoms with Crippen molar-refractivity contribution in [3.8, 4) is 0 Å². The van der Waals surface area contributed by atoms with Crippen LogP contribution in [0, 0.1) is 17.7 Å². The maximum absolute atomic E-state index is 14.4. The lowest BCUT2D eigenvalue weighted by atomic mass is 9.87. The van der Waals surface area contributed by atoms with E-state index >= 15 is 0 Å². The van der Waals surface area contributed by atoms with Gasteiger partial charge in [0.1, 0.15) is 5.82 Å². The Morgan fingerprint density at radius 2 is 2.10 bits per heavy atom. The van der Waals surface area contributed by atoms with E-state index in [9.17, 15) is 4.39 Å². The third kappa shape index (κ3) is 2.98. The highest BCUT2D eigenvalue weighted by Crippen LogP contribution is 2.43. The van der Waals surface area contributed by atoms with Crippen molar-refractivity contribution in [1.82, 2.24) is 5.32 Å². The number of anilines is 1. The molecule has 3 rings (SSSR count). The smallest absolute Gasteiger partial charge is 0.147 e. The Morgan fingerprint density at radius 3 is 2.67 bits per heavy atom. The second kappa shape index (κ2) is 5.54. The largest absolute Gasteiger partial charge is 0.363 e. The molecular weight excluding hydrogens is 331 g/mol. The average molecular weight is 355 g/mol. The minimum atomic E-state index is -0.130. The lowest BCUT2D eigenvalue weighted by Gasteiger charge is -2.49. The van der Waals surface area contributed by atoms with Gasteiger partial charge in [-0.1, -0.05) is 29.8 Å². The van der Waals surface area contributed by atoms with Crippen LogP contribution in [0.25, 0.3) is 0 Å². The second-order valence-corrected chi connectivity index (χ2v) is 8.02. The first kappa shape index (κ1) is 15.3. The molecule has 0 bridgehead atoms. The molecule has 1 aliphatic carbocycles. The number of nitrogens with one attached hydrogen (secondary N) is 1. The minimum absolute atomic E-state index is 0.116. The van der Waals surface area contributed by atoms with Gasteiger partial charge in [0.05, 0.1) is 5.69 Å². The molecule has 1 aliphatic heterocycles. The monoisotopic (exact) mass is 354 g/mol. The van der Waals surface area contributed by atoms with Crippen LogP contribution in [0.4, 0.5) is 10.1 Å². The molecule has 1 heterocycles. The summed E-state index contributed by atoms with van der Waals surface area (Å²) in [5.74, 6) is 1.10. The third-order valence-corrected chi connectivity index (χ3v) is 5.57. The Morgan fingerprint density at radius 1 is 1.38 bits per heavy atom. The van der Waals surface area contributed by atoms with Gasteiger partial charge in [0.2, 0.25) is 0 Å². The van der Waals surface area contributed by atoms with Crippen LogP contribution in [0.5, 0.6) is 0 Å². The minimum Gasteiger partial charge on any atom is -0.363 e. The zero-order valence-electron chi connectivity index (χ0n) is 13.0. The summed E-state index contributed by atoms with van der Waals surface area (Å²) in [4.78, 5) is 2.29. The zero-order chi connectivity index (χ0) is 15.2. The summed E-state index contributed by atoms with van der Waals surface area (Å²) in [7, 11) is 0. The molecule has 0 amide bonds. The first-order valence-electron chi connectivity index (χ1n) is 7.87. The molecule has 1 aromatic carbocycles.